The summed E-state index contributed by atoms with van der Waals surface area (Å²) in [4.78, 5) is 12.5. The lowest BCUT2D eigenvalue weighted by Gasteiger charge is -2.01. The molecule has 0 aliphatic carbocycles. The van der Waals surface area contributed by atoms with Gasteiger partial charge < -0.3 is 5.11 Å². The highest BCUT2D eigenvalue weighted by molar-refractivity contribution is 5.65. The number of hydrogen-bond acceptors (Lipinski definition) is 5. The Labute approximate surface area is 109 Å². The smallest absolute Gasteiger partial charge is 0.219 e. The van der Waals surface area contributed by atoms with Crippen LogP contribution in [0.4, 0.5) is 0 Å². The fourth-order valence-corrected chi connectivity index (χ4v) is 1.74. The van der Waals surface area contributed by atoms with Gasteiger partial charge in [0, 0.05) is 12.4 Å². The van der Waals surface area contributed by atoms with Gasteiger partial charge >= 0.3 is 0 Å². The second-order valence-corrected chi connectivity index (χ2v) is 4.10. The zero-order chi connectivity index (χ0) is 13.2. The number of nitrogens with zero attached hydrogens (tertiary/aromatic N) is 4. The van der Waals surface area contributed by atoms with Gasteiger partial charge in [0.05, 0.1) is 5.56 Å². The Morgan fingerprint density at radius 3 is 2.68 bits per heavy atom. The lowest BCUT2D eigenvalue weighted by Crippen LogP contribution is -1.88. The summed E-state index contributed by atoms with van der Waals surface area (Å²) in [5.41, 5.74) is 1.64. The highest BCUT2D eigenvalue weighted by Crippen LogP contribution is 2.27. The number of aromatic hydroxyl groups is 1. The van der Waals surface area contributed by atoms with Crippen LogP contribution in [0.3, 0.4) is 0 Å². The molecule has 0 amide bonds. The van der Waals surface area contributed by atoms with Crippen LogP contribution in [0.2, 0.25) is 0 Å². The van der Waals surface area contributed by atoms with Crippen molar-refractivity contribution in [3.05, 3.63) is 42.2 Å². The molecular formula is C13H11N5O. The molecule has 0 bridgehead atoms. The van der Waals surface area contributed by atoms with Gasteiger partial charge in [-0.05, 0) is 25.1 Å². The van der Waals surface area contributed by atoms with Crippen LogP contribution < -0.4 is 0 Å². The molecular weight excluding hydrogens is 242 g/mol. The number of benzene rings is 1. The molecule has 3 rings (SSSR count). The summed E-state index contributed by atoms with van der Waals surface area (Å²) in [5.74, 6) is 1.49. The van der Waals surface area contributed by atoms with Gasteiger partial charge in [0.2, 0.25) is 5.82 Å². The summed E-state index contributed by atoms with van der Waals surface area (Å²) >= 11 is 0. The van der Waals surface area contributed by atoms with Gasteiger partial charge in [-0.1, -0.05) is 11.6 Å². The van der Waals surface area contributed by atoms with Crippen molar-refractivity contribution in [3.63, 3.8) is 0 Å². The number of hydrogen-bond donors (Lipinski definition) is 2. The van der Waals surface area contributed by atoms with Crippen LogP contribution in [-0.4, -0.2) is 30.3 Å². The van der Waals surface area contributed by atoms with Crippen LogP contribution in [0.15, 0.2) is 36.7 Å². The van der Waals surface area contributed by atoms with E-state index in [-0.39, 0.29) is 5.75 Å². The molecule has 6 heteroatoms. The molecule has 6 nitrogen and oxygen atoms in total. The molecule has 0 saturated carbocycles. The van der Waals surface area contributed by atoms with Crippen molar-refractivity contribution < 1.29 is 5.11 Å². The first-order valence-electron chi connectivity index (χ1n) is 5.74. The van der Waals surface area contributed by atoms with E-state index in [0.29, 0.717) is 23.0 Å². The summed E-state index contributed by atoms with van der Waals surface area (Å²) < 4.78 is 0. The van der Waals surface area contributed by atoms with Gasteiger partial charge in [0.25, 0.3) is 0 Å². The van der Waals surface area contributed by atoms with E-state index in [9.17, 15) is 5.11 Å². The zero-order valence-electron chi connectivity index (χ0n) is 10.2. The van der Waals surface area contributed by atoms with E-state index in [4.69, 9.17) is 0 Å². The Kier molecular flexibility index (Phi) is 2.68. The molecule has 0 atom stereocenters. The third kappa shape index (κ3) is 2.15. The first-order chi connectivity index (χ1) is 9.24. The molecule has 1 aromatic carbocycles. The number of aryl methyl sites for hydroxylation is 1. The van der Waals surface area contributed by atoms with E-state index < -0.39 is 0 Å². The molecule has 3 aromatic rings. The summed E-state index contributed by atoms with van der Waals surface area (Å²) in [6.07, 6.45) is 3.25. The van der Waals surface area contributed by atoms with Crippen molar-refractivity contribution in [2.45, 2.75) is 6.92 Å². The minimum Gasteiger partial charge on any atom is -0.507 e. The molecule has 0 saturated heterocycles. The summed E-state index contributed by atoms with van der Waals surface area (Å²) in [7, 11) is 0. The Bertz CT molecular complexity index is 708. The van der Waals surface area contributed by atoms with E-state index in [2.05, 4.69) is 25.1 Å². The van der Waals surface area contributed by atoms with Crippen LogP contribution in [-0.2, 0) is 0 Å². The van der Waals surface area contributed by atoms with Crippen molar-refractivity contribution in [2.24, 2.45) is 0 Å². The van der Waals surface area contributed by atoms with Crippen molar-refractivity contribution in [3.8, 4) is 28.8 Å². The SMILES string of the molecule is Cc1ccc(O)c(-c2nc(-c3ncccn3)n[nH]2)c1. The number of nitrogens with one attached hydrogen (secondary N) is 1. The highest BCUT2D eigenvalue weighted by Gasteiger charge is 2.12. The standard InChI is InChI=1S/C13H11N5O/c1-8-3-4-10(19)9(7-8)11-16-13(18-17-11)12-14-5-2-6-15-12/h2-7,19H,1H3,(H,16,17,18). The minimum absolute atomic E-state index is 0.155. The number of aromatic amines is 1. The first kappa shape index (κ1) is 11.3. The van der Waals surface area contributed by atoms with Crippen LogP contribution in [0, 0.1) is 6.92 Å². The monoisotopic (exact) mass is 253 g/mol. The number of H-pyrrole nitrogens is 1. The predicted molar refractivity (Wildman–Crippen MR) is 69.2 cm³/mol. The fraction of sp³-hybridized carbons (Fsp3) is 0.0769. The van der Waals surface area contributed by atoms with Gasteiger partial charge in [0.15, 0.2) is 11.6 Å². The number of aromatic nitrogens is 5. The van der Waals surface area contributed by atoms with Crippen LogP contribution in [0.5, 0.6) is 5.75 Å². The predicted octanol–water partition coefficient (Wildman–Crippen LogP) is 1.94. The summed E-state index contributed by atoms with van der Waals surface area (Å²) in [6.45, 7) is 1.94. The molecule has 0 aliphatic rings. The Hall–Kier alpha value is -2.76. The third-order valence-electron chi connectivity index (χ3n) is 2.66. The van der Waals surface area contributed by atoms with Crippen LogP contribution >= 0.6 is 0 Å². The van der Waals surface area contributed by atoms with E-state index in [1.54, 1.807) is 24.5 Å². The largest absolute Gasteiger partial charge is 0.507 e. The maximum absolute atomic E-state index is 9.85. The Balaban J connectivity index is 2.04. The number of phenolic OH excluding ortho intramolecular Hbond substituents is 1. The quantitative estimate of drug-likeness (QED) is 0.728. The molecule has 0 fully saturated rings. The second kappa shape index (κ2) is 4.49. The lowest BCUT2D eigenvalue weighted by molar-refractivity contribution is 0.477. The maximum Gasteiger partial charge on any atom is 0.219 e. The molecule has 2 N–H and O–H groups in total. The average Bonchev–Trinajstić information content (AvgIpc) is 2.92. The van der Waals surface area contributed by atoms with Crippen molar-refractivity contribution in [1.29, 1.82) is 0 Å². The topological polar surface area (TPSA) is 87.6 Å². The molecule has 2 aromatic heterocycles. The normalized spacial score (nSPS) is 10.6. The van der Waals surface area contributed by atoms with Gasteiger partial charge in [-0.2, -0.15) is 0 Å². The van der Waals surface area contributed by atoms with Gasteiger partial charge in [-0.3, -0.25) is 5.10 Å². The zero-order valence-corrected chi connectivity index (χ0v) is 10.2. The first-order valence-corrected chi connectivity index (χ1v) is 5.74. The molecule has 0 spiro atoms. The van der Waals surface area contributed by atoms with E-state index >= 15 is 0 Å². The third-order valence-corrected chi connectivity index (χ3v) is 2.66. The van der Waals surface area contributed by atoms with E-state index in [1.807, 2.05) is 19.1 Å². The molecule has 94 valence electrons. The Morgan fingerprint density at radius 2 is 1.89 bits per heavy atom. The fourth-order valence-electron chi connectivity index (χ4n) is 1.74. The molecule has 19 heavy (non-hydrogen) atoms. The minimum atomic E-state index is 0.155. The van der Waals surface area contributed by atoms with E-state index in [1.165, 1.54) is 0 Å². The van der Waals surface area contributed by atoms with Gasteiger partial charge in [-0.15, -0.1) is 5.10 Å². The highest BCUT2D eigenvalue weighted by atomic mass is 16.3. The van der Waals surface area contributed by atoms with Gasteiger partial charge in [-0.25, -0.2) is 15.0 Å². The molecule has 0 radical (unpaired) electrons. The van der Waals surface area contributed by atoms with Crippen molar-refractivity contribution in [1.82, 2.24) is 25.1 Å². The molecule has 0 aliphatic heterocycles. The summed E-state index contributed by atoms with van der Waals surface area (Å²) in [6, 6.07) is 7.03. The van der Waals surface area contributed by atoms with Crippen LogP contribution in [0.1, 0.15) is 5.56 Å². The average molecular weight is 253 g/mol. The van der Waals surface area contributed by atoms with E-state index in [0.717, 1.165) is 5.56 Å². The lowest BCUT2D eigenvalue weighted by atomic mass is 10.1. The van der Waals surface area contributed by atoms with Crippen LogP contribution in [0.25, 0.3) is 23.0 Å². The summed E-state index contributed by atoms with van der Waals surface area (Å²) in [5, 5.41) is 16.7. The number of phenols is 1. The van der Waals surface area contributed by atoms with Crippen molar-refractivity contribution >= 4 is 0 Å². The van der Waals surface area contributed by atoms with Gasteiger partial charge in [0.1, 0.15) is 5.75 Å². The van der Waals surface area contributed by atoms with Crippen molar-refractivity contribution in [2.75, 3.05) is 0 Å². The second-order valence-electron chi connectivity index (χ2n) is 4.10. The molecule has 2 heterocycles. The molecule has 0 unspecified atom stereocenters. The number of rotatable bonds is 2. The maximum atomic E-state index is 9.85. The Morgan fingerprint density at radius 1 is 1.11 bits per heavy atom.